The number of hydrogen-bond acceptors (Lipinski definition) is 4. The molecule has 0 saturated heterocycles. The maximum absolute atomic E-state index is 12.1. The van der Waals surface area contributed by atoms with E-state index in [1.165, 1.54) is 0 Å². The number of nitrogens with zero attached hydrogens (tertiary/aromatic N) is 1. The van der Waals surface area contributed by atoms with Gasteiger partial charge in [0.25, 0.3) is 5.56 Å². The molecule has 2 N–H and O–H groups in total. The minimum absolute atomic E-state index is 0.103. The van der Waals surface area contributed by atoms with Crippen molar-refractivity contribution in [3.8, 4) is 0 Å². The smallest absolute Gasteiger partial charge is 0.426 e. The van der Waals surface area contributed by atoms with Gasteiger partial charge in [0.2, 0.25) is 0 Å². The number of rotatable bonds is 2. The fourth-order valence-corrected chi connectivity index (χ4v) is 1.76. The van der Waals surface area contributed by atoms with Gasteiger partial charge in [-0.3, -0.25) is 4.79 Å². The second-order valence-corrected chi connectivity index (χ2v) is 3.84. The third-order valence-corrected chi connectivity index (χ3v) is 2.57. The standard InChI is InChI=1S/C11H11N3O3S/c1-2-17-11(16)13-14-9(15)7-5-3-4-6-8(7)12-10(14)18/h3-6H,2H2,1H3,(H,12,18)(H,13,16). The summed E-state index contributed by atoms with van der Waals surface area (Å²) >= 11 is 5.01. The Bertz CT molecular complexity index is 704. The van der Waals surface area contributed by atoms with Crippen molar-refractivity contribution < 1.29 is 9.53 Å². The SMILES string of the molecule is CCOC(=O)Nn1c(=S)[nH]c2ccccc2c1=O. The molecule has 94 valence electrons. The van der Waals surface area contributed by atoms with Crippen LogP contribution in [0.25, 0.3) is 10.9 Å². The third kappa shape index (κ3) is 2.25. The van der Waals surface area contributed by atoms with E-state index in [0.29, 0.717) is 10.9 Å². The van der Waals surface area contributed by atoms with Gasteiger partial charge in [-0.05, 0) is 31.3 Å². The highest BCUT2D eigenvalue weighted by Gasteiger charge is 2.08. The van der Waals surface area contributed by atoms with E-state index in [2.05, 4.69) is 10.4 Å². The van der Waals surface area contributed by atoms with Crippen molar-refractivity contribution in [2.24, 2.45) is 0 Å². The summed E-state index contributed by atoms with van der Waals surface area (Å²) in [4.78, 5) is 26.2. The monoisotopic (exact) mass is 265 g/mol. The third-order valence-electron chi connectivity index (χ3n) is 2.28. The summed E-state index contributed by atoms with van der Waals surface area (Å²) in [5.74, 6) is 0. The number of benzene rings is 1. The number of amides is 1. The fraction of sp³-hybridized carbons (Fsp3) is 0.182. The molecule has 0 atom stereocenters. The second-order valence-electron chi connectivity index (χ2n) is 3.45. The number of aromatic nitrogens is 2. The molecule has 1 aromatic heterocycles. The van der Waals surface area contributed by atoms with Crippen molar-refractivity contribution >= 4 is 29.2 Å². The largest absolute Gasteiger partial charge is 0.449 e. The van der Waals surface area contributed by atoms with Crippen molar-refractivity contribution in [1.29, 1.82) is 0 Å². The number of para-hydroxylation sites is 1. The van der Waals surface area contributed by atoms with Crippen LogP contribution in [0.2, 0.25) is 0 Å². The predicted octanol–water partition coefficient (Wildman–Crippen LogP) is 1.76. The van der Waals surface area contributed by atoms with Crippen LogP contribution >= 0.6 is 12.2 Å². The molecule has 2 rings (SSSR count). The molecule has 0 saturated carbocycles. The molecular formula is C11H11N3O3S. The summed E-state index contributed by atoms with van der Waals surface area (Å²) in [5.41, 5.74) is 2.50. The predicted molar refractivity (Wildman–Crippen MR) is 69.8 cm³/mol. The first kappa shape index (κ1) is 12.3. The van der Waals surface area contributed by atoms with E-state index in [1.807, 2.05) is 0 Å². The highest BCUT2D eigenvalue weighted by atomic mass is 32.1. The van der Waals surface area contributed by atoms with Crippen LogP contribution in [0.15, 0.2) is 29.1 Å². The van der Waals surface area contributed by atoms with Gasteiger partial charge in [0.1, 0.15) is 0 Å². The van der Waals surface area contributed by atoms with Crippen molar-refractivity contribution in [2.75, 3.05) is 12.0 Å². The molecule has 0 bridgehead atoms. The number of aromatic amines is 1. The Labute approximate surface area is 107 Å². The summed E-state index contributed by atoms with van der Waals surface area (Å²) < 4.78 is 5.76. The highest BCUT2D eigenvalue weighted by molar-refractivity contribution is 7.71. The van der Waals surface area contributed by atoms with Crippen LogP contribution in [0.3, 0.4) is 0 Å². The molecular weight excluding hydrogens is 254 g/mol. The summed E-state index contributed by atoms with van der Waals surface area (Å²) in [5, 5.41) is 0.433. The average Bonchev–Trinajstić information content (AvgIpc) is 2.35. The summed E-state index contributed by atoms with van der Waals surface area (Å²) in [6.45, 7) is 1.88. The van der Waals surface area contributed by atoms with Crippen LogP contribution in [-0.2, 0) is 4.74 Å². The molecule has 1 aromatic carbocycles. The van der Waals surface area contributed by atoms with E-state index in [0.717, 1.165) is 4.68 Å². The Kier molecular flexibility index (Phi) is 3.42. The van der Waals surface area contributed by atoms with Gasteiger partial charge in [-0.1, -0.05) is 12.1 Å². The first-order valence-corrected chi connectivity index (χ1v) is 5.72. The molecule has 6 nitrogen and oxygen atoms in total. The Morgan fingerprint density at radius 3 is 2.94 bits per heavy atom. The Morgan fingerprint density at radius 2 is 2.22 bits per heavy atom. The van der Waals surface area contributed by atoms with Gasteiger partial charge in [-0.15, -0.1) is 0 Å². The fourth-order valence-electron chi connectivity index (χ4n) is 1.52. The number of carbonyl (C=O) groups excluding carboxylic acids is 1. The topological polar surface area (TPSA) is 76.1 Å². The first-order chi connectivity index (χ1) is 8.63. The number of ether oxygens (including phenoxy) is 1. The van der Waals surface area contributed by atoms with E-state index >= 15 is 0 Å². The minimum atomic E-state index is -0.727. The number of nitrogens with one attached hydrogen (secondary N) is 2. The number of carbonyl (C=O) groups is 1. The van der Waals surface area contributed by atoms with Crippen molar-refractivity contribution in [2.45, 2.75) is 6.92 Å². The van der Waals surface area contributed by atoms with Gasteiger partial charge >= 0.3 is 6.09 Å². The van der Waals surface area contributed by atoms with Gasteiger partial charge in [-0.2, -0.15) is 4.68 Å². The van der Waals surface area contributed by atoms with Crippen molar-refractivity contribution in [3.63, 3.8) is 0 Å². The van der Waals surface area contributed by atoms with Crippen LogP contribution in [0.4, 0.5) is 4.79 Å². The normalized spacial score (nSPS) is 10.3. The van der Waals surface area contributed by atoms with Crippen LogP contribution in [0.1, 0.15) is 6.92 Å². The molecule has 0 aliphatic carbocycles. The average molecular weight is 265 g/mol. The zero-order valence-electron chi connectivity index (χ0n) is 9.60. The van der Waals surface area contributed by atoms with Crippen molar-refractivity contribution in [3.05, 3.63) is 39.4 Å². The second kappa shape index (κ2) is 5.01. The Morgan fingerprint density at radius 1 is 1.50 bits per heavy atom. The number of H-pyrrole nitrogens is 1. The first-order valence-electron chi connectivity index (χ1n) is 5.31. The molecule has 2 aromatic rings. The van der Waals surface area contributed by atoms with Crippen LogP contribution < -0.4 is 11.0 Å². The van der Waals surface area contributed by atoms with E-state index in [1.54, 1.807) is 31.2 Å². The van der Waals surface area contributed by atoms with Crippen LogP contribution in [0.5, 0.6) is 0 Å². The van der Waals surface area contributed by atoms with Crippen LogP contribution in [-0.4, -0.2) is 22.4 Å². The van der Waals surface area contributed by atoms with Gasteiger partial charge in [0.15, 0.2) is 4.77 Å². The molecule has 18 heavy (non-hydrogen) atoms. The summed E-state index contributed by atoms with van der Waals surface area (Å²) in [6, 6.07) is 6.90. The van der Waals surface area contributed by atoms with E-state index in [-0.39, 0.29) is 11.4 Å². The molecule has 1 heterocycles. The Hall–Kier alpha value is -2.15. The van der Waals surface area contributed by atoms with E-state index in [4.69, 9.17) is 17.0 Å². The van der Waals surface area contributed by atoms with Gasteiger partial charge in [0.05, 0.1) is 17.5 Å². The number of hydrogen-bond donors (Lipinski definition) is 2. The van der Waals surface area contributed by atoms with Gasteiger partial charge < -0.3 is 9.72 Å². The lowest BCUT2D eigenvalue weighted by Gasteiger charge is -2.09. The summed E-state index contributed by atoms with van der Waals surface area (Å²) in [6.07, 6.45) is -0.727. The van der Waals surface area contributed by atoms with E-state index < -0.39 is 11.7 Å². The van der Waals surface area contributed by atoms with Gasteiger partial charge in [-0.25, -0.2) is 10.2 Å². The molecule has 0 fully saturated rings. The minimum Gasteiger partial charge on any atom is -0.449 e. The van der Waals surface area contributed by atoms with E-state index in [9.17, 15) is 9.59 Å². The quantitative estimate of drug-likeness (QED) is 0.811. The molecule has 0 spiro atoms. The maximum atomic E-state index is 12.1. The lowest BCUT2D eigenvalue weighted by Crippen LogP contribution is -2.34. The Balaban J connectivity index is 2.55. The van der Waals surface area contributed by atoms with Crippen molar-refractivity contribution in [1.82, 2.24) is 9.66 Å². The molecule has 0 radical (unpaired) electrons. The highest BCUT2D eigenvalue weighted by Crippen LogP contribution is 2.05. The number of fused-ring (bicyclic) bond motifs is 1. The summed E-state index contributed by atoms with van der Waals surface area (Å²) in [7, 11) is 0. The molecule has 7 heteroatoms. The van der Waals surface area contributed by atoms with Crippen LogP contribution in [0, 0.1) is 4.77 Å². The zero-order chi connectivity index (χ0) is 13.1. The zero-order valence-corrected chi connectivity index (χ0v) is 10.4. The lowest BCUT2D eigenvalue weighted by molar-refractivity contribution is 0.164. The molecule has 0 aliphatic heterocycles. The lowest BCUT2D eigenvalue weighted by atomic mass is 10.2. The molecule has 0 unspecified atom stereocenters. The molecule has 1 amide bonds. The molecule has 0 aliphatic rings. The van der Waals surface area contributed by atoms with Gasteiger partial charge in [0, 0.05) is 0 Å². The maximum Gasteiger partial charge on any atom is 0.426 e.